The van der Waals surface area contributed by atoms with Gasteiger partial charge in [0, 0.05) is 19.3 Å². The second kappa shape index (κ2) is 4.96. The molecule has 0 bridgehead atoms. The molecule has 0 aromatic carbocycles. The van der Waals surface area contributed by atoms with Gasteiger partial charge in [-0.25, -0.2) is 0 Å². The summed E-state index contributed by atoms with van der Waals surface area (Å²) in [5.74, 6) is 0.0519. The van der Waals surface area contributed by atoms with Crippen molar-refractivity contribution in [2.45, 2.75) is 33.1 Å². The van der Waals surface area contributed by atoms with E-state index in [1.807, 2.05) is 12.1 Å². The molecule has 3 N–H and O–H groups in total. The molecular weight excluding hydrogens is 224 g/mol. The molecule has 1 fully saturated rings. The van der Waals surface area contributed by atoms with Crippen LogP contribution in [0.2, 0.25) is 0 Å². The Hall–Kier alpha value is -1.58. The minimum absolute atomic E-state index is 0.0519. The van der Waals surface area contributed by atoms with E-state index in [9.17, 15) is 0 Å². The lowest BCUT2D eigenvalue weighted by atomic mass is 9.82. The molecule has 1 aromatic heterocycles. The topological polar surface area (TPSA) is 66.0 Å². The van der Waals surface area contributed by atoms with E-state index in [0.29, 0.717) is 11.1 Å². The summed E-state index contributed by atoms with van der Waals surface area (Å²) < 4.78 is 0. The van der Waals surface area contributed by atoms with E-state index in [-0.39, 0.29) is 5.84 Å². The molecule has 1 saturated heterocycles. The molecule has 0 atom stereocenters. The number of aromatic nitrogens is 1. The fraction of sp³-hybridized carbons (Fsp3) is 0.571. The third kappa shape index (κ3) is 2.19. The maximum Gasteiger partial charge on any atom is 0.143 e. The highest BCUT2D eigenvalue weighted by molar-refractivity contribution is 5.98. The van der Waals surface area contributed by atoms with Gasteiger partial charge < -0.3 is 10.6 Å². The van der Waals surface area contributed by atoms with E-state index >= 15 is 0 Å². The van der Waals surface area contributed by atoms with Crippen LogP contribution in [0.4, 0.5) is 5.69 Å². The van der Waals surface area contributed by atoms with E-state index in [1.165, 1.54) is 19.3 Å². The molecule has 0 saturated carbocycles. The van der Waals surface area contributed by atoms with Crippen LogP contribution in [0, 0.1) is 10.8 Å². The summed E-state index contributed by atoms with van der Waals surface area (Å²) in [5, 5.41) is 7.62. The molecule has 18 heavy (non-hydrogen) atoms. The number of nitrogen functional groups attached to an aromatic ring is 1. The Morgan fingerprint density at radius 2 is 2.22 bits per heavy atom. The molecular formula is C14H22N4. The van der Waals surface area contributed by atoms with Gasteiger partial charge in [-0.05, 0) is 36.8 Å². The average Bonchev–Trinajstić information content (AvgIpc) is 2.83. The Bertz CT molecular complexity index is 437. The maximum absolute atomic E-state index is 7.62. The second-order valence-electron chi connectivity index (χ2n) is 5.16. The number of nitrogens with zero attached hydrogens (tertiary/aromatic N) is 2. The van der Waals surface area contributed by atoms with E-state index < -0.39 is 0 Å². The Morgan fingerprint density at radius 1 is 1.50 bits per heavy atom. The zero-order valence-corrected chi connectivity index (χ0v) is 11.2. The number of rotatable bonds is 4. The number of anilines is 1. The fourth-order valence-corrected chi connectivity index (χ4v) is 2.83. The van der Waals surface area contributed by atoms with Crippen molar-refractivity contribution >= 4 is 11.5 Å². The van der Waals surface area contributed by atoms with E-state index in [4.69, 9.17) is 11.1 Å². The monoisotopic (exact) mass is 246 g/mol. The number of pyridine rings is 1. The van der Waals surface area contributed by atoms with Crippen LogP contribution in [0.15, 0.2) is 18.3 Å². The van der Waals surface area contributed by atoms with E-state index in [0.717, 1.165) is 18.8 Å². The number of nitrogens with two attached hydrogens (primary N) is 1. The van der Waals surface area contributed by atoms with Gasteiger partial charge in [0.1, 0.15) is 11.5 Å². The summed E-state index contributed by atoms with van der Waals surface area (Å²) >= 11 is 0. The van der Waals surface area contributed by atoms with Crippen LogP contribution >= 0.6 is 0 Å². The van der Waals surface area contributed by atoms with Crippen molar-refractivity contribution in [2.24, 2.45) is 11.1 Å². The Morgan fingerprint density at radius 3 is 2.78 bits per heavy atom. The van der Waals surface area contributed by atoms with Gasteiger partial charge in [0.15, 0.2) is 0 Å². The van der Waals surface area contributed by atoms with E-state index in [2.05, 4.69) is 23.7 Å². The highest BCUT2D eigenvalue weighted by Gasteiger charge is 2.35. The standard InChI is InChI=1S/C14H22N4/c1-3-14(4-2)7-9-18(10-14)11-6-5-8-17-12(11)13(15)16/h5-6,8H,3-4,7,9-10H2,1-2H3,(H3,15,16). The van der Waals surface area contributed by atoms with Crippen LogP contribution in [0.1, 0.15) is 38.8 Å². The lowest BCUT2D eigenvalue weighted by molar-refractivity contribution is 0.301. The van der Waals surface area contributed by atoms with Crippen LogP contribution in [-0.2, 0) is 0 Å². The molecule has 4 heteroatoms. The fourth-order valence-electron chi connectivity index (χ4n) is 2.83. The zero-order chi connectivity index (χ0) is 13.2. The second-order valence-corrected chi connectivity index (χ2v) is 5.16. The summed E-state index contributed by atoms with van der Waals surface area (Å²) in [6.07, 6.45) is 5.32. The first-order valence-corrected chi connectivity index (χ1v) is 6.66. The van der Waals surface area contributed by atoms with E-state index in [1.54, 1.807) is 6.20 Å². The average molecular weight is 246 g/mol. The molecule has 0 unspecified atom stereocenters. The van der Waals surface area contributed by atoms with Crippen LogP contribution in [0.25, 0.3) is 0 Å². The number of hydrogen-bond acceptors (Lipinski definition) is 3. The van der Waals surface area contributed by atoms with Crippen LogP contribution in [-0.4, -0.2) is 23.9 Å². The first kappa shape index (κ1) is 12.9. The Balaban J connectivity index is 2.27. The summed E-state index contributed by atoms with van der Waals surface area (Å²) in [7, 11) is 0. The molecule has 2 heterocycles. The van der Waals surface area contributed by atoms with Crippen molar-refractivity contribution in [1.82, 2.24) is 4.98 Å². The molecule has 0 spiro atoms. The summed E-state index contributed by atoms with van der Waals surface area (Å²) in [6.45, 7) is 6.61. The van der Waals surface area contributed by atoms with Crippen molar-refractivity contribution in [1.29, 1.82) is 5.41 Å². The Labute approximate surface area is 109 Å². The van der Waals surface area contributed by atoms with Gasteiger partial charge in [-0.2, -0.15) is 0 Å². The maximum atomic E-state index is 7.62. The Kier molecular flexibility index (Phi) is 3.55. The molecule has 1 aliphatic rings. The molecule has 98 valence electrons. The smallest absolute Gasteiger partial charge is 0.143 e. The lowest BCUT2D eigenvalue weighted by Gasteiger charge is -2.27. The third-order valence-electron chi connectivity index (χ3n) is 4.32. The number of amidine groups is 1. The predicted molar refractivity (Wildman–Crippen MR) is 75.1 cm³/mol. The summed E-state index contributed by atoms with van der Waals surface area (Å²) in [6, 6.07) is 3.94. The van der Waals surface area contributed by atoms with Crippen molar-refractivity contribution in [3.63, 3.8) is 0 Å². The van der Waals surface area contributed by atoms with Gasteiger partial charge in [-0.1, -0.05) is 13.8 Å². The van der Waals surface area contributed by atoms with Gasteiger partial charge >= 0.3 is 0 Å². The molecule has 0 aliphatic carbocycles. The quantitative estimate of drug-likeness (QED) is 0.633. The van der Waals surface area contributed by atoms with Crippen LogP contribution in [0.5, 0.6) is 0 Å². The first-order chi connectivity index (χ1) is 8.62. The molecule has 0 amide bonds. The minimum Gasteiger partial charge on any atom is -0.382 e. The molecule has 4 nitrogen and oxygen atoms in total. The van der Waals surface area contributed by atoms with Crippen molar-refractivity contribution in [3.05, 3.63) is 24.0 Å². The number of hydrogen-bond donors (Lipinski definition) is 2. The van der Waals surface area contributed by atoms with Crippen molar-refractivity contribution in [2.75, 3.05) is 18.0 Å². The van der Waals surface area contributed by atoms with Crippen LogP contribution in [0.3, 0.4) is 0 Å². The predicted octanol–water partition coefficient (Wildman–Crippen LogP) is 2.38. The van der Waals surface area contributed by atoms with Gasteiger partial charge in [-0.15, -0.1) is 0 Å². The van der Waals surface area contributed by atoms with Gasteiger partial charge in [-0.3, -0.25) is 10.4 Å². The van der Waals surface area contributed by atoms with Gasteiger partial charge in [0.05, 0.1) is 5.69 Å². The SMILES string of the molecule is CCC1(CC)CCN(c2cccnc2C(=N)N)C1. The molecule has 0 radical (unpaired) electrons. The molecule has 2 rings (SSSR count). The zero-order valence-electron chi connectivity index (χ0n) is 11.2. The molecule has 1 aromatic rings. The van der Waals surface area contributed by atoms with Gasteiger partial charge in [0.2, 0.25) is 0 Å². The highest BCUT2D eigenvalue weighted by atomic mass is 15.2. The highest BCUT2D eigenvalue weighted by Crippen LogP contribution is 2.39. The number of nitrogens with one attached hydrogen (secondary N) is 1. The summed E-state index contributed by atoms with van der Waals surface area (Å²) in [5.41, 5.74) is 7.65. The third-order valence-corrected chi connectivity index (χ3v) is 4.32. The van der Waals surface area contributed by atoms with Crippen LogP contribution < -0.4 is 10.6 Å². The minimum atomic E-state index is 0.0519. The summed E-state index contributed by atoms with van der Waals surface area (Å²) in [4.78, 5) is 6.56. The van der Waals surface area contributed by atoms with Crippen molar-refractivity contribution in [3.8, 4) is 0 Å². The first-order valence-electron chi connectivity index (χ1n) is 6.66. The van der Waals surface area contributed by atoms with Crippen molar-refractivity contribution < 1.29 is 0 Å². The van der Waals surface area contributed by atoms with Gasteiger partial charge in [0.25, 0.3) is 0 Å². The normalized spacial score (nSPS) is 18.0. The molecule has 1 aliphatic heterocycles. The largest absolute Gasteiger partial charge is 0.382 e. The lowest BCUT2D eigenvalue weighted by Crippen LogP contribution is -2.28.